The van der Waals surface area contributed by atoms with E-state index in [0.717, 1.165) is 12.8 Å². The fraction of sp³-hybridized carbons (Fsp3) is 0.636. The zero-order chi connectivity index (χ0) is 22.6. The fourth-order valence-corrected chi connectivity index (χ4v) is 5.97. The minimum Gasteiger partial charge on any atom is -0.455 e. The number of piperidine rings is 1. The van der Waals surface area contributed by atoms with E-state index in [0.29, 0.717) is 29.7 Å². The summed E-state index contributed by atoms with van der Waals surface area (Å²) in [6.07, 6.45) is 3.95. The van der Waals surface area contributed by atoms with E-state index >= 15 is 0 Å². The lowest BCUT2D eigenvalue weighted by Gasteiger charge is -2.34. The van der Waals surface area contributed by atoms with E-state index < -0.39 is 21.9 Å². The Morgan fingerprint density at radius 3 is 2.39 bits per heavy atom. The van der Waals surface area contributed by atoms with E-state index in [-0.39, 0.29) is 36.5 Å². The van der Waals surface area contributed by atoms with Crippen LogP contribution in [0.4, 0.5) is 0 Å². The molecule has 3 rings (SSSR count). The molecule has 1 aromatic carbocycles. The summed E-state index contributed by atoms with van der Waals surface area (Å²) in [6.45, 7) is 4.51. The maximum Gasteiger partial charge on any atom is 0.309 e. The van der Waals surface area contributed by atoms with E-state index in [1.54, 1.807) is 12.1 Å². The topological polar surface area (TPSA) is 92.8 Å². The molecule has 1 saturated carbocycles. The molecule has 2 aliphatic rings. The molecule has 172 valence electrons. The van der Waals surface area contributed by atoms with Crippen LogP contribution in [0.3, 0.4) is 0 Å². The Balaban J connectivity index is 1.45. The van der Waals surface area contributed by atoms with E-state index in [1.165, 1.54) is 22.9 Å². The average Bonchev–Trinajstić information content (AvgIpc) is 2.75. The Bertz CT molecular complexity index is 882. The standard InChI is InChI=1S/C22H31ClN2O5S/c1-15-4-3-5-20(16(15)2)24-21(26)14-30-22(27)17-10-12-25(13-11-17)31(28,29)19-8-6-18(23)7-9-19/h6-9,15-17,20H,3-5,10-14H2,1-2H3,(H,24,26)/t15-,16-,20+/m1/s1. The Kier molecular flexibility index (Phi) is 7.99. The predicted molar refractivity (Wildman–Crippen MR) is 118 cm³/mol. The van der Waals surface area contributed by atoms with Gasteiger partial charge in [-0.2, -0.15) is 4.31 Å². The number of carbonyl (C=O) groups is 2. The summed E-state index contributed by atoms with van der Waals surface area (Å²) in [5.41, 5.74) is 0. The zero-order valence-corrected chi connectivity index (χ0v) is 19.6. The average molecular weight is 471 g/mol. The second kappa shape index (κ2) is 10.3. The summed E-state index contributed by atoms with van der Waals surface area (Å²) in [4.78, 5) is 24.8. The lowest BCUT2D eigenvalue weighted by atomic mass is 9.78. The van der Waals surface area contributed by atoms with Gasteiger partial charge in [-0.05, 0) is 55.4 Å². The molecule has 1 aliphatic carbocycles. The predicted octanol–water partition coefficient (Wildman–Crippen LogP) is 3.22. The summed E-state index contributed by atoms with van der Waals surface area (Å²) < 4.78 is 32.1. The van der Waals surface area contributed by atoms with Crippen LogP contribution in [-0.4, -0.2) is 50.3 Å². The lowest BCUT2D eigenvalue weighted by molar-refractivity contribution is -0.154. The quantitative estimate of drug-likeness (QED) is 0.644. The summed E-state index contributed by atoms with van der Waals surface area (Å²) in [6, 6.07) is 6.16. The van der Waals surface area contributed by atoms with Crippen LogP contribution >= 0.6 is 11.6 Å². The summed E-state index contributed by atoms with van der Waals surface area (Å²) in [5.74, 6) is -0.153. The second-order valence-electron chi connectivity index (χ2n) is 8.68. The van der Waals surface area contributed by atoms with Gasteiger partial charge in [0.25, 0.3) is 5.91 Å². The highest BCUT2D eigenvalue weighted by Gasteiger charge is 2.33. The monoisotopic (exact) mass is 470 g/mol. The van der Waals surface area contributed by atoms with Crippen LogP contribution in [0, 0.1) is 17.8 Å². The highest BCUT2D eigenvalue weighted by molar-refractivity contribution is 7.89. The van der Waals surface area contributed by atoms with Crippen molar-refractivity contribution >= 4 is 33.5 Å². The van der Waals surface area contributed by atoms with Gasteiger partial charge in [0.1, 0.15) is 0 Å². The van der Waals surface area contributed by atoms with Gasteiger partial charge in [0.05, 0.1) is 10.8 Å². The SMILES string of the molecule is C[C@@H]1[C@H](C)CCC[C@@H]1NC(=O)COC(=O)C1CCN(S(=O)(=O)c2ccc(Cl)cc2)CC1. The number of hydrogen-bond donors (Lipinski definition) is 1. The van der Waals surface area contributed by atoms with Crippen LogP contribution in [0.1, 0.15) is 46.0 Å². The molecule has 31 heavy (non-hydrogen) atoms. The Hall–Kier alpha value is -1.64. The molecule has 0 unspecified atom stereocenters. The van der Waals surface area contributed by atoms with Crippen LogP contribution in [0.15, 0.2) is 29.2 Å². The first-order valence-electron chi connectivity index (χ1n) is 10.9. The number of rotatable bonds is 6. The molecule has 1 N–H and O–H groups in total. The molecule has 3 atom stereocenters. The number of esters is 1. The third-order valence-electron chi connectivity index (χ3n) is 6.64. The Labute approximate surface area is 189 Å². The van der Waals surface area contributed by atoms with Gasteiger partial charge in [-0.1, -0.05) is 38.3 Å². The molecule has 7 nitrogen and oxygen atoms in total. The molecule has 0 aromatic heterocycles. The van der Waals surface area contributed by atoms with Gasteiger partial charge < -0.3 is 10.1 Å². The van der Waals surface area contributed by atoms with Crippen LogP contribution in [-0.2, 0) is 24.3 Å². The Morgan fingerprint density at radius 2 is 1.74 bits per heavy atom. The third kappa shape index (κ3) is 5.99. The molecular formula is C22H31ClN2O5S. The molecule has 1 saturated heterocycles. The molecule has 0 spiro atoms. The van der Waals surface area contributed by atoms with Gasteiger partial charge in [0, 0.05) is 24.2 Å². The third-order valence-corrected chi connectivity index (χ3v) is 8.80. The van der Waals surface area contributed by atoms with Crippen LogP contribution in [0.5, 0.6) is 0 Å². The first kappa shape index (κ1) is 24.0. The van der Waals surface area contributed by atoms with Crippen molar-refractivity contribution in [1.82, 2.24) is 9.62 Å². The first-order chi connectivity index (χ1) is 14.7. The number of sulfonamides is 1. The van der Waals surface area contributed by atoms with E-state index in [4.69, 9.17) is 16.3 Å². The smallest absolute Gasteiger partial charge is 0.309 e. The van der Waals surface area contributed by atoms with Gasteiger partial charge in [-0.3, -0.25) is 9.59 Å². The molecule has 1 aliphatic heterocycles. The molecule has 9 heteroatoms. The number of halogens is 1. The first-order valence-corrected chi connectivity index (χ1v) is 12.7. The summed E-state index contributed by atoms with van der Waals surface area (Å²) in [5, 5.41) is 3.46. The van der Waals surface area contributed by atoms with Gasteiger partial charge in [0.15, 0.2) is 6.61 Å². The molecule has 0 bridgehead atoms. The fourth-order valence-electron chi connectivity index (χ4n) is 4.38. The van der Waals surface area contributed by atoms with Gasteiger partial charge in [-0.15, -0.1) is 0 Å². The molecule has 0 radical (unpaired) electrons. The lowest BCUT2D eigenvalue weighted by Crippen LogP contribution is -2.45. The summed E-state index contributed by atoms with van der Waals surface area (Å²) >= 11 is 5.83. The van der Waals surface area contributed by atoms with Crippen LogP contribution in [0.2, 0.25) is 5.02 Å². The van der Waals surface area contributed by atoms with Crippen molar-refractivity contribution in [2.24, 2.45) is 17.8 Å². The van der Waals surface area contributed by atoms with Crippen molar-refractivity contribution in [3.63, 3.8) is 0 Å². The largest absolute Gasteiger partial charge is 0.455 e. The molecular weight excluding hydrogens is 440 g/mol. The van der Waals surface area contributed by atoms with Gasteiger partial charge in [0.2, 0.25) is 10.0 Å². The molecule has 1 amide bonds. The van der Waals surface area contributed by atoms with Crippen LogP contribution < -0.4 is 5.32 Å². The van der Waals surface area contributed by atoms with Crippen molar-refractivity contribution in [1.29, 1.82) is 0 Å². The number of hydrogen-bond acceptors (Lipinski definition) is 5. The number of amides is 1. The van der Waals surface area contributed by atoms with Gasteiger partial charge >= 0.3 is 5.97 Å². The second-order valence-corrected chi connectivity index (χ2v) is 11.1. The van der Waals surface area contributed by atoms with Crippen molar-refractivity contribution in [2.45, 2.75) is 56.9 Å². The van der Waals surface area contributed by atoms with Crippen molar-refractivity contribution in [3.05, 3.63) is 29.3 Å². The van der Waals surface area contributed by atoms with Gasteiger partial charge in [-0.25, -0.2) is 8.42 Å². The van der Waals surface area contributed by atoms with Crippen LogP contribution in [0.25, 0.3) is 0 Å². The highest BCUT2D eigenvalue weighted by atomic mass is 35.5. The van der Waals surface area contributed by atoms with E-state index in [9.17, 15) is 18.0 Å². The minimum absolute atomic E-state index is 0.122. The number of nitrogens with zero attached hydrogens (tertiary/aromatic N) is 1. The van der Waals surface area contributed by atoms with Crippen molar-refractivity contribution in [3.8, 4) is 0 Å². The number of benzene rings is 1. The Morgan fingerprint density at radius 1 is 1.10 bits per heavy atom. The highest BCUT2D eigenvalue weighted by Crippen LogP contribution is 2.29. The number of nitrogens with one attached hydrogen (secondary N) is 1. The number of carbonyl (C=O) groups excluding carboxylic acids is 2. The maximum atomic E-state index is 12.7. The molecule has 1 aromatic rings. The zero-order valence-electron chi connectivity index (χ0n) is 18.1. The maximum absolute atomic E-state index is 12.7. The van der Waals surface area contributed by atoms with E-state index in [1.807, 2.05) is 0 Å². The van der Waals surface area contributed by atoms with Crippen molar-refractivity contribution < 1.29 is 22.7 Å². The van der Waals surface area contributed by atoms with E-state index in [2.05, 4.69) is 19.2 Å². The molecule has 2 fully saturated rings. The molecule has 1 heterocycles. The number of ether oxygens (including phenoxy) is 1. The minimum atomic E-state index is -3.62. The van der Waals surface area contributed by atoms with Crippen molar-refractivity contribution in [2.75, 3.05) is 19.7 Å². The normalized spacial score (nSPS) is 25.7. The summed E-state index contributed by atoms with van der Waals surface area (Å²) in [7, 11) is -3.62.